The van der Waals surface area contributed by atoms with Gasteiger partial charge >= 0.3 is 5.97 Å². The highest BCUT2D eigenvalue weighted by Crippen LogP contribution is 2.18. The average molecular weight is 279 g/mol. The van der Waals surface area contributed by atoms with Crippen LogP contribution in [0.2, 0.25) is 0 Å². The van der Waals surface area contributed by atoms with Gasteiger partial charge in [0, 0.05) is 0 Å². The lowest BCUT2D eigenvalue weighted by molar-refractivity contribution is -0.141. The number of rotatable bonds is 5. The maximum absolute atomic E-state index is 11.4. The van der Waals surface area contributed by atoms with Crippen LogP contribution in [-0.4, -0.2) is 25.1 Å². The van der Waals surface area contributed by atoms with Crippen LogP contribution in [0.4, 0.5) is 5.69 Å². The van der Waals surface area contributed by atoms with Gasteiger partial charge in [-0.3, -0.25) is 4.79 Å². The molecule has 112 valence electrons. The van der Waals surface area contributed by atoms with E-state index in [1.165, 1.54) is 0 Å². The number of carbonyl (C=O) groups excluding carboxylic acids is 1. The van der Waals surface area contributed by atoms with Gasteiger partial charge in [0.25, 0.3) is 0 Å². The number of hydrogen-bond acceptors (Lipinski definition) is 4. The Morgan fingerprint density at radius 3 is 2.25 bits per heavy atom. The lowest BCUT2D eigenvalue weighted by Gasteiger charge is -2.08. The van der Waals surface area contributed by atoms with Gasteiger partial charge in [0.05, 0.1) is 18.9 Å². The molecule has 0 fully saturated rings. The lowest BCUT2D eigenvalue weighted by atomic mass is 10.2. The van der Waals surface area contributed by atoms with Crippen molar-refractivity contribution in [2.75, 3.05) is 13.2 Å². The molecule has 4 nitrogen and oxygen atoms in total. The van der Waals surface area contributed by atoms with Crippen LogP contribution in [0.3, 0.4) is 0 Å². The van der Waals surface area contributed by atoms with E-state index in [1.807, 2.05) is 52.0 Å². The molecule has 0 radical (unpaired) electrons. The van der Waals surface area contributed by atoms with Crippen molar-refractivity contribution in [1.29, 1.82) is 0 Å². The zero-order valence-electron chi connectivity index (χ0n) is 13.1. The summed E-state index contributed by atoms with van der Waals surface area (Å²) in [5.41, 5.74) is 1.85. The minimum Gasteiger partial charge on any atom is -0.481 e. The number of nitrogens with zero attached hydrogens (tertiary/aromatic N) is 1. The van der Waals surface area contributed by atoms with Gasteiger partial charge in [0.1, 0.15) is 6.42 Å². The molecule has 1 aromatic rings. The van der Waals surface area contributed by atoms with Gasteiger partial charge in [0.15, 0.2) is 5.90 Å². The molecule has 0 saturated carbocycles. The smallest absolute Gasteiger partial charge is 0.315 e. The molecule has 0 N–H and O–H groups in total. The maximum Gasteiger partial charge on any atom is 0.315 e. The van der Waals surface area contributed by atoms with Crippen LogP contribution in [0.15, 0.2) is 29.3 Å². The minimum atomic E-state index is -0.321. The number of benzene rings is 1. The molecule has 0 aliphatic heterocycles. The van der Waals surface area contributed by atoms with Gasteiger partial charge in [-0.2, -0.15) is 0 Å². The van der Waals surface area contributed by atoms with Gasteiger partial charge in [-0.15, -0.1) is 0 Å². The maximum atomic E-state index is 11.4. The number of ether oxygens (including phenoxy) is 2. The minimum absolute atomic E-state index is 0.0655. The third-order valence-electron chi connectivity index (χ3n) is 2.27. The van der Waals surface area contributed by atoms with Crippen molar-refractivity contribution < 1.29 is 14.3 Å². The van der Waals surface area contributed by atoms with Crippen LogP contribution in [-0.2, 0) is 14.3 Å². The molecule has 4 heteroatoms. The quantitative estimate of drug-likeness (QED) is 0.464. The number of hydrogen-bond donors (Lipinski definition) is 0. The summed E-state index contributed by atoms with van der Waals surface area (Å²) in [6.45, 7) is 10.4. The highest BCUT2D eigenvalue weighted by Gasteiger charge is 2.10. The monoisotopic (exact) mass is 279 g/mol. The number of carbonyl (C=O) groups is 1. The van der Waals surface area contributed by atoms with E-state index in [0.717, 1.165) is 11.3 Å². The van der Waals surface area contributed by atoms with Gasteiger partial charge < -0.3 is 9.47 Å². The van der Waals surface area contributed by atoms with Crippen LogP contribution in [0.5, 0.6) is 0 Å². The molecular weight excluding hydrogens is 254 g/mol. The third-order valence-corrected chi connectivity index (χ3v) is 2.27. The topological polar surface area (TPSA) is 47.9 Å². The molecule has 0 amide bonds. The molecule has 0 bridgehead atoms. The molecular formula is C16H25NO3. The fourth-order valence-electron chi connectivity index (χ4n) is 1.45. The van der Waals surface area contributed by atoms with Crippen molar-refractivity contribution in [3.05, 3.63) is 29.8 Å². The van der Waals surface area contributed by atoms with Crippen LogP contribution in [0.1, 0.15) is 39.7 Å². The molecule has 1 rings (SSSR count). The number of esters is 1. The SMILES string of the molecule is CC.CCOC(=O)CC(=Nc1ccccc1C)OCC. The first-order valence-corrected chi connectivity index (χ1v) is 7.09. The highest BCUT2D eigenvalue weighted by atomic mass is 16.5. The van der Waals surface area contributed by atoms with Crippen molar-refractivity contribution in [1.82, 2.24) is 0 Å². The number of aliphatic imine (C=N–C) groups is 1. The Bertz CT molecular complexity index is 427. The number of aryl methyl sites for hydroxylation is 1. The van der Waals surface area contributed by atoms with Gasteiger partial charge in [-0.05, 0) is 32.4 Å². The predicted octanol–water partition coefficient (Wildman–Crippen LogP) is 4.04. The fraction of sp³-hybridized carbons (Fsp3) is 0.500. The molecule has 0 aliphatic rings. The second-order valence-electron chi connectivity index (χ2n) is 3.71. The summed E-state index contributed by atoms with van der Waals surface area (Å²) in [7, 11) is 0. The van der Waals surface area contributed by atoms with E-state index in [1.54, 1.807) is 6.92 Å². The first-order valence-electron chi connectivity index (χ1n) is 7.09. The first-order chi connectivity index (χ1) is 9.67. The van der Waals surface area contributed by atoms with Crippen molar-refractivity contribution >= 4 is 17.6 Å². The van der Waals surface area contributed by atoms with Gasteiger partial charge in [-0.1, -0.05) is 32.0 Å². The summed E-state index contributed by atoms with van der Waals surface area (Å²) in [5.74, 6) is 0.0727. The Morgan fingerprint density at radius 2 is 1.70 bits per heavy atom. The van der Waals surface area contributed by atoms with E-state index < -0.39 is 0 Å². The van der Waals surface area contributed by atoms with Crippen molar-refractivity contribution in [2.45, 2.75) is 41.0 Å². The molecule has 1 aromatic carbocycles. The second kappa shape index (κ2) is 11.0. The van der Waals surface area contributed by atoms with E-state index in [-0.39, 0.29) is 12.4 Å². The van der Waals surface area contributed by atoms with E-state index in [0.29, 0.717) is 19.1 Å². The molecule has 0 aliphatic carbocycles. The molecule has 0 heterocycles. The van der Waals surface area contributed by atoms with Crippen LogP contribution < -0.4 is 0 Å². The third kappa shape index (κ3) is 6.92. The zero-order valence-corrected chi connectivity index (χ0v) is 13.1. The zero-order chi connectivity index (χ0) is 15.4. The van der Waals surface area contributed by atoms with Gasteiger partial charge in [0.2, 0.25) is 0 Å². The van der Waals surface area contributed by atoms with Crippen molar-refractivity contribution in [2.24, 2.45) is 4.99 Å². The Morgan fingerprint density at radius 1 is 1.10 bits per heavy atom. The lowest BCUT2D eigenvalue weighted by Crippen LogP contribution is -2.14. The summed E-state index contributed by atoms with van der Waals surface area (Å²) in [4.78, 5) is 15.8. The Balaban J connectivity index is 0.00000172. The Kier molecular flexibility index (Phi) is 10.0. The highest BCUT2D eigenvalue weighted by molar-refractivity contribution is 5.95. The summed E-state index contributed by atoms with van der Waals surface area (Å²) >= 11 is 0. The Labute approximate surface area is 121 Å². The van der Waals surface area contributed by atoms with E-state index >= 15 is 0 Å². The molecule has 0 unspecified atom stereocenters. The van der Waals surface area contributed by atoms with Crippen molar-refractivity contribution in [3.63, 3.8) is 0 Å². The predicted molar refractivity (Wildman–Crippen MR) is 82.5 cm³/mol. The standard InChI is InChI=1S/C14H19NO3.C2H6/c1-4-17-13(10-14(16)18-5-2)15-12-9-7-6-8-11(12)3;1-2/h6-9H,4-5,10H2,1-3H3;1-2H3. The summed E-state index contributed by atoms with van der Waals surface area (Å²) in [6.07, 6.45) is 0.0655. The van der Waals surface area contributed by atoms with E-state index in [2.05, 4.69) is 4.99 Å². The van der Waals surface area contributed by atoms with Crippen LogP contribution in [0, 0.1) is 6.92 Å². The van der Waals surface area contributed by atoms with Crippen LogP contribution in [0.25, 0.3) is 0 Å². The van der Waals surface area contributed by atoms with Crippen molar-refractivity contribution in [3.8, 4) is 0 Å². The molecule has 20 heavy (non-hydrogen) atoms. The van der Waals surface area contributed by atoms with E-state index in [4.69, 9.17) is 9.47 Å². The van der Waals surface area contributed by atoms with Gasteiger partial charge in [-0.25, -0.2) is 4.99 Å². The molecule has 0 atom stereocenters. The first kappa shape index (κ1) is 18.2. The second-order valence-corrected chi connectivity index (χ2v) is 3.71. The molecule has 0 spiro atoms. The summed E-state index contributed by atoms with van der Waals surface area (Å²) in [5, 5.41) is 0. The normalized spacial score (nSPS) is 10.3. The van der Waals surface area contributed by atoms with Crippen LogP contribution >= 0.6 is 0 Å². The summed E-state index contributed by atoms with van der Waals surface area (Å²) < 4.78 is 10.3. The summed E-state index contributed by atoms with van der Waals surface area (Å²) in [6, 6.07) is 7.70. The molecule has 0 aromatic heterocycles. The Hall–Kier alpha value is -1.84. The largest absolute Gasteiger partial charge is 0.481 e. The average Bonchev–Trinajstić information content (AvgIpc) is 2.44. The number of para-hydroxylation sites is 1. The molecule has 0 saturated heterocycles. The van der Waals surface area contributed by atoms with E-state index in [9.17, 15) is 4.79 Å². The fourth-order valence-corrected chi connectivity index (χ4v) is 1.45.